The van der Waals surface area contributed by atoms with Gasteiger partial charge in [-0.3, -0.25) is 4.79 Å². The third-order valence-electron chi connectivity index (χ3n) is 2.91. The topological polar surface area (TPSA) is 55.1 Å². The van der Waals surface area contributed by atoms with E-state index >= 15 is 0 Å². The lowest BCUT2D eigenvalue weighted by Gasteiger charge is -2.40. The highest BCUT2D eigenvalue weighted by Crippen LogP contribution is 2.42. The van der Waals surface area contributed by atoms with Crippen LogP contribution in [0.2, 0.25) is 0 Å². The Morgan fingerprint density at radius 1 is 1.57 bits per heavy atom. The summed E-state index contributed by atoms with van der Waals surface area (Å²) in [5, 5.41) is 3.00. The fourth-order valence-corrected chi connectivity index (χ4v) is 2.55. The molecule has 0 aromatic heterocycles. The van der Waals surface area contributed by atoms with Crippen LogP contribution in [0.4, 0.5) is 0 Å². The Morgan fingerprint density at radius 3 is 2.71 bits per heavy atom. The summed E-state index contributed by atoms with van der Waals surface area (Å²) in [7, 11) is 0. The second-order valence-electron chi connectivity index (χ2n) is 3.91. The monoisotopic (exact) mass is 216 g/mol. The quantitative estimate of drug-likeness (QED) is 0.700. The first-order valence-corrected chi connectivity index (χ1v) is 6.47. The van der Waals surface area contributed by atoms with Crippen LogP contribution in [0, 0.1) is 0 Å². The molecule has 14 heavy (non-hydrogen) atoms. The first-order chi connectivity index (χ1) is 6.72. The molecule has 1 amide bonds. The van der Waals surface area contributed by atoms with Crippen molar-refractivity contribution in [3.8, 4) is 0 Å². The van der Waals surface area contributed by atoms with Crippen LogP contribution in [0.15, 0.2) is 0 Å². The second-order valence-corrected chi connectivity index (χ2v) is 5.18. The number of hydrogen-bond donors (Lipinski definition) is 2. The highest BCUT2D eigenvalue weighted by Gasteiger charge is 2.36. The minimum Gasteiger partial charge on any atom is -0.355 e. The van der Waals surface area contributed by atoms with Crippen molar-refractivity contribution in [2.45, 2.75) is 36.9 Å². The molecular weight excluding hydrogens is 196 g/mol. The van der Waals surface area contributed by atoms with Gasteiger partial charge in [0.05, 0.1) is 0 Å². The molecule has 0 spiro atoms. The van der Waals surface area contributed by atoms with Crippen LogP contribution in [0.3, 0.4) is 0 Å². The molecule has 1 aliphatic rings. The first kappa shape index (κ1) is 11.9. The molecule has 0 aromatic carbocycles. The van der Waals surface area contributed by atoms with Crippen LogP contribution in [0.5, 0.6) is 0 Å². The van der Waals surface area contributed by atoms with Gasteiger partial charge in [0.1, 0.15) is 0 Å². The second kappa shape index (κ2) is 5.61. The van der Waals surface area contributed by atoms with E-state index in [4.69, 9.17) is 5.73 Å². The van der Waals surface area contributed by atoms with Gasteiger partial charge < -0.3 is 11.1 Å². The van der Waals surface area contributed by atoms with Crippen LogP contribution in [-0.2, 0) is 4.79 Å². The standard InChI is InChI=1S/C10H20N2OS/c1-14-10(5-3-6-10)8-12-9(13)4-2-7-11/h2-8,11H2,1H3,(H,12,13). The Hall–Kier alpha value is -0.220. The molecule has 3 nitrogen and oxygen atoms in total. The fraction of sp³-hybridized carbons (Fsp3) is 0.900. The first-order valence-electron chi connectivity index (χ1n) is 5.24. The summed E-state index contributed by atoms with van der Waals surface area (Å²) < 4.78 is 0.346. The maximum absolute atomic E-state index is 11.3. The van der Waals surface area contributed by atoms with Crippen molar-refractivity contribution in [2.24, 2.45) is 5.73 Å². The average Bonchev–Trinajstić information content (AvgIpc) is 2.14. The summed E-state index contributed by atoms with van der Waals surface area (Å²) in [6, 6.07) is 0. The molecule has 0 saturated heterocycles. The minimum atomic E-state index is 0.149. The van der Waals surface area contributed by atoms with Crippen LogP contribution in [0.25, 0.3) is 0 Å². The number of thioether (sulfide) groups is 1. The summed E-state index contributed by atoms with van der Waals surface area (Å²) in [6.45, 7) is 1.43. The van der Waals surface area contributed by atoms with Crippen molar-refractivity contribution >= 4 is 17.7 Å². The van der Waals surface area contributed by atoms with E-state index in [0.29, 0.717) is 17.7 Å². The van der Waals surface area contributed by atoms with Crippen molar-refractivity contribution in [3.05, 3.63) is 0 Å². The summed E-state index contributed by atoms with van der Waals surface area (Å²) in [4.78, 5) is 11.3. The van der Waals surface area contributed by atoms with Gasteiger partial charge in [-0.25, -0.2) is 0 Å². The van der Waals surface area contributed by atoms with Gasteiger partial charge in [-0.05, 0) is 32.1 Å². The van der Waals surface area contributed by atoms with E-state index in [-0.39, 0.29) is 5.91 Å². The van der Waals surface area contributed by atoms with Crippen LogP contribution in [-0.4, -0.2) is 30.0 Å². The lowest BCUT2D eigenvalue weighted by Crippen LogP contribution is -2.45. The van der Waals surface area contributed by atoms with E-state index in [1.165, 1.54) is 19.3 Å². The molecule has 1 fully saturated rings. The highest BCUT2D eigenvalue weighted by atomic mass is 32.2. The molecule has 1 aliphatic carbocycles. The molecular formula is C10H20N2OS. The third kappa shape index (κ3) is 3.17. The number of amides is 1. The van der Waals surface area contributed by atoms with Crippen LogP contribution in [0.1, 0.15) is 32.1 Å². The van der Waals surface area contributed by atoms with Gasteiger partial charge in [-0.2, -0.15) is 11.8 Å². The minimum absolute atomic E-state index is 0.149. The maximum Gasteiger partial charge on any atom is 0.220 e. The fourth-order valence-electron chi connectivity index (χ4n) is 1.63. The molecule has 0 bridgehead atoms. The molecule has 0 atom stereocenters. The Kier molecular flexibility index (Phi) is 4.75. The molecule has 82 valence electrons. The normalized spacial score (nSPS) is 18.7. The Bertz CT molecular complexity index is 187. The molecule has 0 heterocycles. The van der Waals surface area contributed by atoms with Crippen molar-refractivity contribution in [2.75, 3.05) is 19.3 Å². The lowest BCUT2D eigenvalue weighted by atomic mass is 9.84. The summed E-state index contributed by atoms with van der Waals surface area (Å²) >= 11 is 1.89. The van der Waals surface area contributed by atoms with Crippen molar-refractivity contribution in [1.29, 1.82) is 0 Å². The zero-order valence-electron chi connectivity index (χ0n) is 8.84. The SMILES string of the molecule is CSC1(CNC(=O)CCCN)CCC1. The Labute approximate surface area is 90.2 Å². The molecule has 4 heteroatoms. The molecule has 0 radical (unpaired) electrons. The van der Waals surface area contributed by atoms with Crippen molar-refractivity contribution < 1.29 is 4.79 Å². The number of nitrogens with two attached hydrogens (primary N) is 1. The third-order valence-corrected chi connectivity index (χ3v) is 4.33. The Balaban J connectivity index is 2.15. The number of carbonyl (C=O) groups excluding carboxylic acids is 1. The van der Waals surface area contributed by atoms with E-state index in [1.807, 2.05) is 11.8 Å². The summed E-state index contributed by atoms with van der Waals surface area (Å²) in [5.41, 5.74) is 5.34. The predicted octanol–water partition coefficient (Wildman–Crippen LogP) is 1.13. The van der Waals surface area contributed by atoms with Crippen molar-refractivity contribution in [3.63, 3.8) is 0 Å². The summed E-state index contributed by atoms with van der Waals surface area (Å²) in [6.07, 6.45) is 7.28. The van der Waals surface area contributed by atoms with E-state index in [2.05, 4.69) is 11.6 Å². The largest absolute Gasteiger partial charge is 0.355 e. The number of nitrogens with one attached hydrogen (secondary N) is 1. The number of rotatable bonds is 6. The van der Waals surface area contributed by atoms with Gasteiger partial charge in [-0.1, -0.05) is 6.42 Å². The number of hydrogen-bond acceptors (Lipinski definition) is 3. The smallest absolute Gasteiger partial charge is 0.220 e. The van der Waals surface area contributed by atoms with E-state index < -0.39 is 0 Å². The molecule has 0 aromatic rings. The van der Waals surface area contributed by atoms with E-state index in [9.17, 15) is 4.79 Å². The Morgan fingerprint density at radius 2 is 2.29 bits per heavy atom. The van der Waals surface area contributed by atoms with Crippen molar-refractivity contribution in [1.82, 2.24) is 5.32 Å². The average molecular weight is 216 g/mol. The summed E-state index contributed by atoms with van der Waals surface area (Å²) in [5.74, 6) is 0.149. The predicted molar refractivity (Wildman–Crippen MR) is 61.4 cm³/mol. The highest BCUT2D eigenvalue weighted by molar-refractivity contribution is 8.00. The lowest BCUT2D eigenvalue weighted by molar-refractivity contribution is -0.121. The zero-order chi connectivity index (χ0) is 10.4. The molecule has 3 N–H and O–H groups in total. The molecule has 0 aliphatic heterocycles. The number of carbonyl (C=O) groups is 1. The van der Waals surface area contributed by atoms with Crippen LogP contribution >= 0.6 is 11.8 Å². The van der Waals surface area contributed by atoms with Crippen LogP contribution < -0.4 is 11.1 Å². The zero-order valence-corrected chi connectivity index (χ0v) is 9.66. The van der Waals surface area contributed by atoms with Gasteiger partial charge in [-0.15, -0.1) is 0 Å². The van der Waals surface area contributed by atoms with Gasteiger partial charge in [0.25, 0.3) is 0 Å². The van der Waals surface area contributed by atoms with Gasteiger partial charge in [0.15, 0.2) is 0 Å². The van der Waals surface area contributed by atoms with Gasteiger partial charge >= 0.3 is 0 Å². The van der Waals surface area contributed by atoms with E-state index in [0.717, 1.165) is 13.0 Å². The van der Waals surface area contributed by atoms with Gasteiger partial charge in [0, 0.05) is 17.7 Å². The van der Waals surface area contributed by atoms with Gasteiger partial charge in [0.2, 0.25) is 5.91 Å². The molecule has 1 saturated carbocycles. The molecule has 0 unspecified atom stereocenters. The maximum atomic E-state index is 11.3. The van der Waals surface area contributed by atoms with E-state index in [1.54, 1.807) is 0 Å². The molecule has 1 rings (SSSR count).